The standard InChI is InChI=1S/C15H22N4O5/c1-10(2)8-12(13(20)19-23)16-14(21)17-18-15(22)24-9-11-6-4-3-5-7-11/h3-7,10,12,23H,8-9H2,1-2H3,(H,18,22)(H,19,20)(H2,16,17,21). The molecule has 4 amide bonds. The molecule has 1 unspecified atom stereocenters. The van der Waals surface area contributed by atoms with Gasteiger partial charge in [0.2, 0.25) is 0 Å². The Hall–Kier alpha value is -2.81. The molecule has 0 aliphatic carbocycles. The van der Waals surface area contributed by atoms with E-state index in [0.717, 1.165) is 5.56 Å². The van der Waals surface area contributed by atoms with Gasteiger partial charge in [0.15, 0.2) is 0 Å². The lowest BCUT2D eigenvalue weighted by atomic mass is 10.0. The second-order valence-corrected chi connectivity index (χ2v) is 5.44. The maximum Gasteiger partial charge on any atom is 0.426 e. The summed E-state index contributed by atoms with van der Waals surface area (Å²) in [6.07, 6.45) is -0.529. The lowest BCUT2D eigenvalue weighted by Crippen LogP contribution is -2.54. The fourth-order valence-corrected chi connectivity index (χ4v) is 1.84. The van der Waals surface area contributed by atoms with Crippen molar-refractivity contribution in [1.29, 1.82) is 0 Å². The summed E-state index contributed by atoms with van der Waals surface area (Å²) < 4.78 is 4.90. The number of ether oxygens (including phenoxy) is 1. The quantitative estimate of drug-likeness (QED) is 0.391. The Kier molecular flexibility index (Phi) is 8.06. The van der Waals surface area contributed by atoms with Crippen molar-refractivity contribution in [1.82, 2.24) is 21.6 Å². The number of carbonyl (C=O) groups excluding carboxylic acids is 3. The molecule has 1 aromatic carbocycles. The molecule has 24 heavy (non-hydrogen) atoms. The van der Waals surface area contributed by atoms with E-state index in [1.54, 1.807) is 12.1 Å². The average molecular weight is 338 g/mol. The molecule has 0 heterocycles. The van der Waals surface area contributed by atoms with Crippen LogP contribution in [0.15, 0.2) is 30.3 Å². The Morgan fingerprint density at radius 1 is 1.12 bits per heavy atom. The van der Waals surface area contributed by atoms with Crippen LogP contribution in [-0.2, 0) is 16.1 Å². The van der Waals surface area contributed by atoms with Crippen molar-refractivity contribution < 1.29 is 24.3 Å². The number of benzene rings is 1. The Labute approximate surface area is 139 Å². The fraction of sp³-hybridized carbons (Fsp3) is 0.400. The van der Waals surface area contributed by atoms with Gasteiger partial charge >= 0.3 is 12.1 Å². The number of urea groups is 1. The van der Waals surface area contributed by atoms with Crippen LogP contribution in [0.25, 0.3) is 0 Å². The summed E-state index contributed by atoms with van der Waals surface area (Å²) in [7, 11) is 0. The molecule has 1 aromatic rings. The third-order valence-electron chi connectivity index (χ3n) is 2.93. The Bertz CT molecular complexity index is 550. The monoisotopic (exact) mass is 338 g/mol. The van der Waals surface area contributed by atoms with Crippen LogP contribution in [0, 0.1) is 5.92 Å². The first-order valence-electron chi connectivity index (χ1n) is 7.39. The highest BCUT2D eigenvalue weighted by Crippen LogP contribution is 2.04. The smallest absolute Gasteiger partial charge is 0.426 e. The zero-order valence-electron chi connectivity index (χ0n) is 13.5. The summed E-state index contributed by atoms with van der Waals surface area (Å²) in [4.78, 5) is 34.6. The number of hydrogen-bond donors (Lipinski definition) is 5. The second kappa shape index (κ2) is 10.1. The van der Waals surface area contributed by atoms with Crippen molar-refractivity contribution in [2.45, 2.75) is 32.9 Å². The third-order valence-corrected chi connectivity index (χ3v) is 2.93. The van der Waals surface area contributed by atoms with Gasteiger partial charge in [0.25, 0.3) is 5.91 Å². The van der Waals surface area contributed by atoms with E-state index in [0.29, 0.717) is 6.42 Å². The number of amides is 4. The van der Waals surface area contributed by atoms with E-state index >= 15 is 0 Å². The van der Waals surface area contributed by atoms with Gasteiger partial charge in [-0.3, -0.25) is 10.0 Å². The molecule has 1 rings (SSSR count). The molecule has 9 heteroatoms. The van der Waals surface area contributed by atoms with E-state index in [-0.39, 0.29) is 12.5 Å². The first kappa shape index (κ1) is 19.2. The third kappa shape index (κ3) is 7.45. The average Bonchev–Trinajstić information content (AvgIpc) is 2.57. The molecule has 0 aliphatic rings. The van der Waals surface area contributed by atoms with Crippen LogP contribution in [0.1, 0.15) is 25.8 Å². The maximum atomic E-state index is 11.7. The molecule has 0 aliphatic heterocycles. The van der Waals surface area contributed by atoms with Crippen molar-refractivity contribution in [3.8, 4) is 0 Å². The van der Waals surface area contributed by atoms with Gasteiger partial charge in [-0.15, -0.1) is 0 Å². The Morgan fingerprint density at radius 3 is 2.38 bits per heavy atom. The number of hydrazine groups is 1. The van der Waals surface area contributed by atoms with E-state index in [1.807, 2.05) is 32.0 Å². The number of rotatable bonds is 6. The summed E-state index contributed by atoms with van der Waals surface area (Å²) in [5.74, 6) is -0.637. The maximum absolute atomic E-state index is 11.7. The minimum atomic E-state index is -0.933. The molecule has 9 nitrogen and oxygen atoms in total. The van der Waals surface area contributed by atoms with Gasteiger partial charge in [-0.1, -0.05) is 44.2 Å². The minimum absolute atomic E-state index is 0.0544. The molecule has 132 valence electrons. The van der Waals surface area contributed by atoms with Crippen molar-refractivity contribution in [3.63, 3.8) is 0 Å². The second-order valence-electron chi connectivity index (χ2n) is 5.44. The first-order valence-corrected chi connectivity index (χ1v) is 7.39. The Balaban J connectivity index is 2.35. The van der Waals surface area contributed by atoms with E-state index in [2.05, 4.69) is 16.2 Å². The Morgan fingerprint density at radius 2 is 1.79 bits per heavy atom. The normalized spacial score (nSPS) is 11.3. The van der Waals surface area contributed by atoms with E-state index < -0.39 is 24.1 Å². The molecule has 0 bridgehead atoms. The zero-order valence-corrected chi connectivity index (χ0v) is 13.5. The molecular weight excluding hydrogens is 316 g/mol. The van der Waals surface area contributed by atoms with Gasteiger partial charge < -0.3 is 10.1 Å². The summed E-state index contributed by atoms with van der Waals surface area (Å²) >= 11 is 0. The topological polar surface area (TPSA) is 129 Å². The predicted octanol–water partition coefficient (Wildman–Crippen LogP) is 1.05. The van der Waals surface area contributed by atoms with Gasteiger partial charge in [-0.25, -0.2) is 25.9 Å². The molecule has 1 atom stereocenters. The highest BCUT2D eigenvalue weighted by Gasteiger charge is 2.21. The molecular formula is C15H22N4O5. The van der Waals surface area contributed by atoms with E-state index in [9.17, 15) is 14.4 Å². The zero-order chi connectivity index (χ0) is 17.9. The summed E-state index contributed by atoms with van der Waals surface area (Å²) in [6, 6.07) is 7.30. The van der Waals surface area contributed by atoms with Crippen LogP contribution in [0.4, 0.5) is 9.59 Å². The number of carbonyl (C=O) groups is 3. The lowest BCUT2D eigenvalue weighted by molar-refractivity contribution is -0.131. The summed E-state index contributed by atoms with van der Waals surface area (Å²) in [6.45, 7) is 3.77. The largest absolute Gasteiger partial charge is 0.443 e. The summed E-state index contributed by atoms with van der Waals surface area (Å²) in [5.41, 5.74) is 6.40. The van der Waals surface area contributed by atoms with Crippen molar-refractivity contribution in [2.75, 3.05) is 0 Å². The lowest BCUT2D eigenvalue weighted by Gasteiger charge is -2.18. The van der Waals surface area contributed by atoms with Gasteiger partial charge in [0, 0.05) is 0 Å². The summed E-state index contributed by atoms with van der Waals surface area (Å²) in [5, 5.41) is 11.0. The number of nitrogens with one attached hydrogen (secondary N) is 4. The van der Waals surface area contributed by atoms with Gasteiger partial charge in [-0.05, 0) is 17.9 Å². The predicted molar refractivity (Wildman–Crippen MR) is 84.6 cm³/mol. The van der Waals surface area contributed by atoms with Crippen molar-refractivity contribution >= 4 is 18.0 Å². The SMILES string of the molecule is CC(C)CC(NC(=O)NNC(=O)OCc1ccccc1)C(=O)NO. The van der Waals surface area contributed by atoms with Crippen LogP contribution in [0.3, 0.4) is 0 Å². The molecule has 0 saturated heterocycles. The van der Waals surface area contributed by atoms with Crippen LogP contribution < -0.4 is 21.6 Å². The van der Waals surface area contributed by atoms with Crippen molar-refractivity contribution in [2.24, 2.45) is 5.92 Å². The highest BCUT2D eigenvalue weighted by molar-refractivity contribution is 5.86. The molecule has 0 saturated carbocycles. The van der Waals surface area contributed by atoms with Gasteiger partial charge in [0.05, 0.1) is 0 Å². The van der Waals surface area contributed by atoms with Gasteiger partial charge in [0.1, 0.15) is 12.6 Å². The van der Waals surface area contributed by atoms with Crippen LogP contribution >= 0.6 is 0 Å². The highest BCUT2D eigenvalue weighted by atomic mass is 16.6. The van der Waals surface area contributed by atoms with Crippen molar-refractivity contribution in [3.05, 3.63) is 35.9 Å². The number of hydrogen-bond acceptors (Lipinski definition) is 5. The van der Waals surface area contributed by atoms with Crippen LogP contribution in [0.5, 0.6) is 0 Å². The fourth-order valence-electron chi connectivity index (χ4n) is 1.84. The first-order chi connectivity index (χ1) is 11.4. The van der Waals surface area contributed by atoms with E-state index in [1.165, 1.54) is 5.48 Å². The van der Waals surface area contributed by atoms with Crippen LogP contribution in [0.2, 0.25) is 0 Å². The minimum Gasteiger partial charge on any atom is -0.443 e. The molecule has 0 spiro atoms. The van der Waals surface area contributed by atoms with E-state index in [4.69, 9.17) is 9.94 Å². The molecule has 0 radical (unpaired) electrons. The van der Waals surface area contributed by atoms with Crippen LogP contribution in [-0.4, -0.2) is 29.3 Å². The molecule has 5 N–H and O–H groups in total. The molecule has 0 fully saturated rings. The number of hydroxylamine groups is 1. The van der Waals surface area contributed by atoms with Gasteiger partial charge in [-0.2, -0.15) is 0 Å². The molecule has 0 aromatic heterocycles.